The third-order valence-corrected chi connectivity index (χ3v) is 16.3. The first kappa shape index (κ1) is 39.3. The standard InChI is InChI=1S/C67H42N2S/c1-3-19-43(20-4-1)68(45-36-39-62-56(41-45)50-26-10-9-25-49(50)53-28-13-17-33-61(53)69(62)44-21-5-2-6-22-44)46-35-37-52-48-24-8-7-23-47(48)51-27-11-15-31-57(51)67(60(52)42-46)58-32-16-12-29-54(58)65-59(67)38-40-64-66(65)55-30-14-18-34-63(55)70-64/h1-42H. The van der Waals surface area contributed by atoms with Crippen LogP contribution >= 0.6 is 11.3 Å². The number of fused-ring (bicyclic) bond motifs is 21. The number of hydrogen-bond acceptors (Lipinski definition) is 3. The lowest BCUT2D eigenvalue weighted by molar-refractivity contribution is 0.776. The number of benzene rings is 11. The first-order valence-corrected chi connectivity index (χ1v) is 25.0. The summed E-state index contributed by atoms with van der Waals surface area (Å²) in [6, 6.07) is 95.2. The lowest BCUT2D eigenvalue weighted by atomic mass is 9.65. The van der Waals surface area contributed by atoms with Gasteiger partial charge in [0.05, 0.1) is 16.8 Å². The number of hydrogen-bond donors (Lipinski definition) is 0. The van der Waals surface area contributed by atoms with E-state index in [-0.39, 0.29) is 0 Å². The summed E-state index contributed by atoms with van der Waals surface area (Å²) in [5.74, 6) is 0. The summed E-state index contributed by atoms with van der Waals surface area (Å²) in [5, 5.41) is 2.67. The Kier molecular flexibility index (Phi) is 8.48. The molecule has 0 fully saturated rings. The van der Waals surface area contributed by atoms with Crippen LogP contribution in [0.25, 0.3) is 75.8 Å². The molecule has 0 N–H and O–H groups in total. The topological polar surface area (TPSA) is 6.48 Å². The van der Waals surface area contributed by atoms with E-state index in [0.29, 0.717) is 0 Å². The second kappa shape index (κ2) is 15.1. The highest BCUT2D eigenvalue weighted by Gasteiger charge is 2.50. The quantitative estimate of drug-likeness (QED) is 0.174. The molecule has 2 aliphatic carbocycles. The summed E-state index contributed by atoms with van der Waals surface area (Å²) in [6.07, 6.45) is 0. The smallest absolute Gasteiger partial charge is 0.0726 e. The molecule has 70 heavy (non-hydrogen) atoms. The molecule has 326 valence electrons. The van der Waals surface area contributed by atoms with Gasteiger partial charge in [-0.15, -0.1) is 11.3 Å². The van der Waals surface area contributed by atoms with Crippen molar-refractivity contribution in [3.8, 4) is 55.6 Å². The van der Waals surface area contributed by atoms with Crippen LogP contribution < -0.4 is 9.80 Å². The molecule has 0 amide bonds. The molecular weight excluding hydrogens is 865 g/mol. The highest BCUT2D eigenvalue weighted by molar-refractivity contribution is 7.26. The van der Waals surface area contributed by atoms with Crippen molar-refractivity contribution in [2.75, 3.05) is 9.80 Å². The van der Waals surface area contributed by atoms with Crippen molar-refractivity contribution >= 4 is 65.6 Å². The van der Waals surface area contributed by atoms with Crippen LogP contribution in [0.5, 0.6) is 0 Å². The zero-order valence-electron chi connectivity index (χ0n) is 38.1. The predicted molar refractivity (Wildman–Crippen MR) is 295 cm³/mol. The van der Waals surface area contributed by atoms with Crippen LogP contribution in [0.15, 0.2) is 255 Å². The molecule has 3 aliphatic rings. The van der Waals surface area contributed by atoms with Gasteiger partial charge in [0, 0.05) is 54.0 Å². The van der Waals surface area contributed by atoms with Crippen LogP contribution in [0.4, 0.5) is 34.1 Å². The number of thiophene rings is 1. The van der Waals surface area contributed by atoms with Gasteiger partial charge in [0.25, 0.3) is 0 Å². The monoisotopic (exact) mass is 906 g/mol. The van der Waals surface area contributed by atoms with Crippen LogP contribution in [0.3, 0.4) is 0 Å². The molecule has 0 radical (unpaired) electrons. The molecule has 3 heteroatoms. The summed E-state index contributed by atoms with van der Waals surface area (Å²) in [7, 11) is 0. The number of para-hydroxylation sites is 3. The van der Waals surface area contributed by atoms with Crippen molar-refractivity contribution in [1.29, 1.82) is 0 Å². The Morgan fingerprint density at radius 1 is 0.314 bits per heavy atom. The molecule has 11 aromatic carbocycles. The third-order valence-electron chi connectivity index (χ3n) is 15.2. The van der Waals surface area contributed by atoms with Gasteiger partial charge in [-0.3, -0.25) is 0 Å². The minimum Gasteiger partial charge on any atom is -0.310 e. The van der Waals surface area contributed by atoms with Crippen LogP contribution in [0.2, 0.25) is 0 Å². The molecule has 0 bridgehead atoms. The van der Waals surface area contributed by atoms with Gasteiger partial charge >= 0.3 is 0 Å². The Hall–Kier alpha value is -8.76. The molecular formula is C67H42N2S. The Bertz CT molecular complexity index is 4090. The van der Waals surface area contributed by atoms with Crippen LogP contribution in [0, 0.1) is 0 Å². The van der Waals surface area contributed by atoms with Gasteiger partial charge < -0.3 is 9.80 Å². The molecule has 1 spiro atoms. The van der Waals surface area contributed by atoms with Crippen molar-refractivity contribution in [3.63, 3.8) is 0 Å². The molecule has 2 heterocycles. The fraction of sp³-hybridized carbons (Fsp3) is 0.0149. The lowest BCUT2D eigenvalue weighted by Gasteiger charge is -2.36. The second-order valence-corrected chi connectivity index (χ2v) is 19.8. The van der Waals surface area contributed by atoms with Crippen LogP contribution in [-0.4, -0.2) is 0 Å². The van der Waals surface area contributed by atoms with Gasteiger partial charge in [-0.2, -0.15) is 0 Å². The van der Waals surface area contributed by atoms with E-state index in [4.69, 9.17) is 0 Å². The van der Waals surface area contributed by atoms with Gasteiger partial charge in [0.2, 0.25) is 0 Å². The van der Waals surface area contributed by atoms with Crippen molar-refractivity contribution in [1.82, 2.24) is 0 Å². The Labute approximate surface area is 411 Å². The third kappa shape index (κ3) is 5.44. The fourth-order valence-corrected chi connectivity index (χ4v) is 13.6. The maximum absolute atomic E-state index is 2.54. The Morgan fingerprint density at radius 2 is 0.843 bits per heavy atom. The highest BCUT2D eigenvalue weighted by Crippen LogP contribution is 2.64. The zero-order chi connectivity index (χ0) is 45.9. The number of rotatable bonds is 4. The van der Waals surface area contributed by atoms with Gasteiger partial charge in [0.1, 0.15) is 0 Å². The maximum atomic E-state index is 2.54. The van der Waals surface area contributed by atoms with Crippen LogP contribution in [-0.2, 0) is 5.41 Å². The minimum atomic E-state index is -0.652. The first-order valence-electron chi connectivity index (χ1n) is 24.2. The normalized spacial score (nSPS) is 14.6. The van der Waals surface area contributed by atoms with E-state index in [2.05, 4.69) is 265 Å². The summed E-state index contributed by atoms with van der Waals surface area (Å²) in [6.45, 7) is 0. The fourth-order valence-electron chi connectivity index (χ4n) is 12.5. The summed E-state index contributed by atoms with van der Waals surface area (Å²) in [5.41, 5.74) is 23.7. The molecule has 1 unspecified atom stereocenters. The van der Waals surface area contributed by atoms with E-state index in [1.54, 1.807) is 0 Å². The van der Waals surface area contributed by atoms with Crippen LogP contribution in [0.1, 0.15) is 22.3 Å². The highest BCUT2D eigenvalue weighted by atomic mass is 32.1. The average Bonchev–Trinajstić information content (AvgIpc) is 3.89. The largest absolute Gasteiger partial charge is 0.310 e. The first-order chi connectivity index (χ1) is 34.8. The minimum absolute atomic E-state index is 0.652. The van der Waals surface area contributed by atoms with Crippen molar-refractivity contribution in [3.05, 3.63) is 277 Å². The summed E-state index contributed by atoms with van der Waals surface area (Å²) < 4.78 is 2.64. The van der Waals surface area contributed by atoms with E-state index in [1.807, 2.05) is 11.3 Å². The number of nitrogens with zero attached hydrogens (tertiary/aromatic N) is 2. The summed E-state index contributed by atoms with van der Waals surface area (Å²) >= 11 is 1.90. The predicted octanol–water partition coefficient (Wildman–Crippen LogP) is 18.7. The Balaban J connectivity index is 1.03. The van der Waals surface area contributed by atoms with E-state index in [1.165, 1.54) is 98.1 Å². The molecule has 2 nitrogen and oxygen atoms in total. The lowest BCUT2D eigenvalue weighted by Crippen LogP contribution is -2.29. The SMILES string of the molecule is c1ccc(N(c2ccc3c(c2)-c2ccccc2-c2ccccc2N3c2ccccc2)c2ccc3c(c2)C2(c4ccccc4-c4ccccc4-3)c3ccccc3-c3c2ccc2sc4ccccc4c32)cc1. The van der Waals surface area contributed by atoms with Crippen molar-refractivity contribution < 1.29 is 0 Å². The second-order valence-electron chi connectivity index (χ2n) is 18.7. The van der Waals surface area contributed by atoms with Crippen molar-refractivity contribution in [2.45, 2.75) is 5.41 Å². The molecule has 15 rings (SSSR count). The Morgan fingerprint density at radius 3 is 1.60 bits per heavy atom. The van der Waals surface area contributed by atoms with Gasteiger partial charge in [-0.1, -0.05) is 182 Å². The molecule has 1 atom stereocenters. The van der Waals surface area contributed by atoms with E-state index in [0.717, 1.165) is 34.1 Å². The van der Waals surface area contributed by atoms with Crippen molar-refractivity contribution in [2.24, 2.45) is 0 Å². The van der Waals surface area contributed by atoms with E-state index >= 15 is 0 Å². The number of anilines is 6. The van der Waals surface area contributed by atoms with E-state index < -0.39 is 5.41 Å². The molecule has 0 saturated carbocycles. The molecule has 0 saturated heterocycles. The maximum Gasteiger partial charge on any atom is 0.0726 e. The van der Waals surface area contributed by atoms with Gasteiger partial charge in [0.15, 0.2) is 0 Å². The molecule has 1 aliphatic heterocycles. The molecule has 12 aromatic rings. The van der Waals surface area contributed by atoms with E-state index in [9.17, 15) is 0 Å². The van der Waals surface area contributed by atoms with Gasteiger partial charge in [-0.05, 0) is 140 Å². The molecule has 1 aromatic heterocycles. The van der Waals surface area contributed by atoms with Gasteiger partial charge in [-0.25, -0.2) is 0 Å². The zero-order valence-corrected chi connectivity index (χ0v) is 38.9. The average molecular weight is 907 g/mol. The summed E-state index contributed by atoms with van der Waals surface area (Å²) in [4.78, 5) is 4.91.